The number of rotatable bonds is 4. The Kier molecular flexibility index (Phi) is 4.36. The maximum absolute atomic E-state index is 12.7. The minimum atomic E-state index is -0.903. The summed E-state index contributed by atoms with van der Waals surface area (Å²) in [6.07, 6.45) is 3.21. The van der Waals surface area contributed by atoms with E-state index in [1.54, 1.807) is 0 Å². The van der Waals surface area contributed by atoms with Gasteiger partial charge in [-0.05, 0) is 38.7 Å². The van der Waals surface area contributed by atoms with Gasteiger partial charge in [-0.3, -0.25) is 0 Å². The summed E-state index contributed by atoms with van der Waals surface area (Å²) in [6, 6.07) is 10.8. The summed E-state index contributed by atoms with van der Waals surface area (Å²) in [5.74, 6) is 0. The zero-order valence-corrected chi connectivity index (χ0v) is 12.4. The van der Waals surface area contributed by atoms with Gasteiger partial charge in [-0.1, -0.05) is 37.3 Å². The zero-order chi connectivity index (χ0) is 13.2. The van der Waals surface area contributed by atoms with Crippen molar-refractivity contribution in [3.63, 3.8) is 0 Å². The van der Waals surface area contributed by atoms with Gasteiger partial charge in [0, 0.05) is 17.9 Å². The third-order valence-electron chi connectivity index (χ3n) is 3.93. The molecule has 0 saturated carbocycles. The van der Waals surface area contributed by atoms with Crippen LogP contribution in [0.2, 0.25) is 0 Å². The van der Waals surface area contributed by atoms with Gasteiger partial charge in [0.25, 0.3) is 0 Å². The second kappa shape index (κ2) is 5.64. The van der Waals surface area contributed by atoms with Crippen LogP contribution >= 0.6 is 0 Å². The lowest BCUT2D eigenvalue weighted by Gasteiger charge is -2.35. The zero-order valence-electron chi connectivity index (χ0n) is 11.6. The Morgan fingerprint density at radius 2 is 2.00 bits per heavy atom. The van der Waals surface area contributed by atoms with Gasteiger partial charge < -0.3 is 4.55 Å². The van der Waals surface area contributed by atoms with Gasteiger partial charge in [-0.25, -0.2) is 0 Å². The average Bonchev–Trinajstić information content (AvgIpc) is 2.87. The fourth-order valence-corrected chi connectivity index (χ4v) is 4.02. The van der Waals surface area contributed by atoms with E-state index in [4.69, 9.17) is 0 Å². The van der Waals surface area contributed by atoms with Crippen LogP contribution in [0.25, 0.3) is 0 Å². The van der Waals surface area contributed by atoms with Gasteiger partial charge in [0.15, 0.2) is 0 Å². The largest absolute Gasteiger partial charge is 0.597 e. The van der Waals surface area contributed by atoms with Crippen LogP contribution in [-0.4, -0.2) is 20.1 Å². The van der Waals surface area contributed by atoms with Crippen molar-refractivity contribution in [1.29, 1.82) is 0 Å². The molecule has 1 aromatic carbocycles. The Morgan fingerprint density at radius 3 is 2.61 bits per heavy atom. The van der Waals surface area contributed by atoms with E-state index in [0.717, 1.165) is 25.8 Å². The molecule has 3 heteroatoms. The van der Waals surface area contributed by atoms with E-state index in [2.05, 4.69) is 49.3 Å². The molecular formula is C15H23NOS. The van der Waals surface area contributed by atoms with Crippen molar-refractivity contribution >= 4 is 11.4 Å². The van der Waals surface area contributed by atoms with Gasteiger partial charge in [0.1, 0.15) is 4.75 Å². The highest BCUT2D eigenvalue weighted by Gasteiger charge is 2.42. The Labute approximate surface area is 114 Å². The van der Waals surface area contributed by atoms with E-state index in [1.807, 2.05) is 6.07 Å². The Balaban J connectivity index is 2.18. The summed E-state index contributed by atoms with van der Waals surface area (Å²) in [4.78, 5) is 0. The van der Waals surface area contributed by atoms with Crippen LogP contribution in [0.15, 0.2) is 30.3 Å². The molecule has 18 heavy (non-hydrogen) atoms. The number of nitrogens with zero attached hydrogens (tertiary/aromatic N) is 1. The first-order valence-corrected chi connectivity index (χ1v) is 7.90. The first kappa shape index (κ1) is 13.9. The standard InChI is InChI=1S/C15H23NOS/c1-4-15(2,3)18(17)16-12-8-11-14(16)13-9-6-5-7-10-13/h5-7,9-10,14H,4,8,11-12H2,1-3H3/t14-,18-/m0/s1. The second-order valence-electron chi connectivity index (χ2n) is 5.57. The van der Waals surface area contributed by atoms with E-state index < -0.39 is 11.4 Å². The van der Waals surface area contributed by atoms with Crippen molar-refractivity contribution in [2.45, 2.75) is 50.8 Å². The number of benzene rings is 1. The normalized spacial score (nSPS) is 23.2. The molecule has 1 fully saturated rings. The smallest absolute Gasteiger partial charge is 0.139 e. The molecule has 0 amide bonds. The van der Waals surface area contributed by atoms with Gasteiger partial charge in [0.05, 0.1) is 6.04 Å². The summed E-state index contributed by atoms with van der Waals surface area (Å²) < 4.78 is 14.8. The molecule has 1 aliphatic rings. The number of hydrogen-bond acceptors (Lipinski definition) is 2. The van der Waals surface area contributed by atoms with Crippen molar-refractivity contribution < 1.29 is 4.55 Å². The molecule has 0 bridgehead atoms. The topological polar surface area (TPSA) is 26.3 Å². The molecule has 2 nitrogen and oxygen atoms in total. The van der Waals surface area contributed by atoms with Crippen LogP contribution in [0.5, 0.6) is 0 Å². The molecule has 1 aliphatic heterocycles. The summed E-state index contributed by atoms with van der Waals surface area (Å²) in [5, 5.41) is 0. The van der Waals surface area contributed by atoms with E-state index in [0.29, 0.717) is 6.04 Å². The van der Waals surface area contributed by atoms with Crippen molar-refractivity contribution in [2.75, 3.05) is 6.54 Å². The summed E-state index contributed by atoms with van der Waals surface area (Å²) in [5.41, 5.74) is 1.30. The first-order chi connectivity index (χ1) is 8.56. The summed E-state index contributed by atoms with van der Waals surface area (Å²) in [7, 11) is 0. The maximum atomic E-state index is 12.7. The van der Waals surface area contributed by atoms with Crippen LogP contribution < -0.4 is 0 Å². The Hall–Kier alpha value is -0.510. The molecule has 100 valence electrons. The third-order valence-corrected chi connectivity index (χ3v) is 6.02. The third kappa shape index (κ3) is 2.73. The van der Waals surface area contributed by atoms with Crippen LogP contribution in [0.4, 0.5) is 0 Å². The Bertz CT molecular complexity index is 379. The van der Waals surface area contributed by atoms with Gasteiger partial charge >= 0.3 is 0 Å². The van der Waals surface area contributed by atoms with Crippen molar-refractivity contribution in [3.8, 4) is 0 Å². The Morgan fingerprint density at radius 1 is 1.33 bits per heavy atom. The fourth-order valence-electron chi connectivity index (χ4n) is 2.39. The molecular weight excluding hydrogens is 242 g/mol. The lowest BCUT2D eigenvalue weighted by Crippen LogP contribution is -2.44. The molecule has 1 heterocycles. The van der Waals surface area contributed by atoms with Crippen LogP contribution in [0.3, 0.4) is 0 Å². The maximum Gasteiger partial charge on any atom is 0.139 e. The van der Waals surface area contributed by atoms with Crippen LogP contribution in [0.1, 0.15) is 51.6 Å². The minimum absolute atomic E-state index is 0.128. The lowest BCUT2D eigenvalue weighted by atomic mass is 10.1. The predicted molar refractivity (Wildman–Crippen MR) is 77.6 cm³/mol. The fraction of sp³-hybridized carbons (Fsp3) is 0.600. The van der Waals surface area contributed by atoms with E-state index in [-0.39, 0.29) is 4.75 Å². The SMILES string of the molecule is CCC(C)(C)[S@+]([O-])N1CCC[C@H]1c1ccccc1. The molecule has 1 aromatic rings. The van der Waals surface area contributed by atoms with E-state index in [9.17, 15) is 4.55 Å². The highest BCUT2D eigenvalue weighted by atomic mass is 32.2. The lowest BCUT2D eigenvalue weighted by molar-refractivity contribution is 0.375. The van der Waals surface area contributed by atoms with E-state index >= 15 is 0 Å². The molecule has 2 rings (SSSR count). The summed E-state index contributed by atoms with van der Waals surface area (Å²) in [6.45, 7) is 7.27. The molecule has 0 radical (unpaired) electrons. The predicted octanol–water partition coefficient (Wildman–Crippen LogP) is 3.68. The average molecular weight is 265 g/mol. The van der Waals surface area contributed by atoms with Crippen molar-refractivity contribution in [3.05, 3.63) is 35.9 Å². The number of hydrogen-bond donors (Lipinski definition) is 0. The molecule has 0 aliphatic carbocycles. The van der Waals surface area contributed by atoms with E-state index in [1.165, 1.54) is 5.56 Å². The molecule has 0 spiro atoms. The van der Waals surface area contributed by atoms with Gasteiger partial charge in [-0.2, -0.15) is 0 Å². The van der Waals surface area contributed by atoms with Crippen LogP contribution in [-0.2, 0) is 11.4 Å². The van der Waals surface area contributed by atoms with Crippen molar-refractivity contribution in [2.24, 2.45) is 0 Å². The molecule has 0 N–H and O–H groups in total. The molecule has 0 aromatic heterocycles. The summed E-state index contributed by atoms with van der Waals surface area (Å²) >= 11 is -0.903. The molecule has 2 atom stereocenters. The highest BCUT2D eigenvalue weighted by Crippen LogP contribution is 2.38. The first-order valence-electron chi connectivity index (χ1n) is 6.80. The molecule has 1 saturated heterocycles. The van der Waals surface area contributed by atoms with Gasteiger partial charge in [-0.15, -0.1) is 4.31 Å². The monoisotopic (exact) mass is 265 g/mol. The quantitative estimate of drug-likeness (QED) is 0.776. The molecule has 0 unspecified atom stereocenters. The van der Waals surface area contributed by atoms with Gasteiger partial charge in [0.2, 0.25) is 0 Å². The van der Waals surface area contributed by atoms with Crippen molar-refractivity contribution in [1.82, 2.24) is 4.31 Å². The minimum Gasteiger partial charge on any atom is -0.597 e. The van der Waals surface area contributed by atoms with Crippen LogP contribution in [0, 0.1) is 0 Å². The highest BCUT2D eigenvalue weighted by molar-refractivity contribution is 7.90. The second-order valence-corrected chi connectivity index (χ2v) is 7.64.